The minimum atomic E-state index is -0.135. The highest BCUT2D eigenvalue weighted by Crippen LogP contribution is 2.23. The molecule has 0 aliphatic rings. The summed E-state index contributed by atoms with van der Waals surface area (Å²) in [6.07, 6.45) is 1.22. The standard InChI is InChI=1S/C13H16ClN3O/c1-2-9(7-15)6-13(18)17-12-5-10(8-16)3-4-11(12)14/h3-5,9H,2,6-7,15H2,1H3,(H,17,18). The SMILES string of the molecule is CCC(CN)CC(=O)Nc1cc(C#N)ccc1Cl. The summed E-state index contributed by atoms with van der Waals surface area (Å²) in [5.74, 6) is 0.0345. The van der Waals surface area contributed by atoms with Gasteiger partial charge in [0, 0.05) is 6.42 Å². The molecular formula is C13H16ClN3O. The molecule has 0 aliphatic heterocycles. The van der Waals surface area contributed by atoms with Gasteiger partial charge in [-0.15, -0.1) is 0 Å². The van der Waals surface area contributed by atoms with E-state index in [4.69, 9.17) is 22.6 Å². The highest BCUT2D eigenvalue weighted by atomic mass is 35.5. The Bertz CT molecular complexity index is 464. The van der Waals surface area contributed by atoms with Crippen LogP contribution in [0.2, 0.25) is 5.02 Å². The molecule has 0 aliphatic carbocycles. The molecule has 1 aromatic carbocycles. The van der Waals surface area contributed by atoms with Gasteiger partial charge in [-0.2, -0.15) is 5.26 Å². The van der Waals surface area contributed by atoms with E-state index in [1.807, 2.05) is 13.0 Å². The largest absolute Gasteiger partial charge is 0.330 e. The quantitative estimate of drug-likeness (QED) is 0.859. The summed E-state index contributed by atoms with van der Waals surface area (Å²) in [4.78, 5) is 11.8. The van der Waals surface area contributed by atoms with Crippen LogP contribution in [-0.2, 0) is 4.79 Å². The van der Waals surface area contributed by atoms with E-state index >= 15 is 0 Å². The summed E-state index contributed by atoms with van der Waals surface area (Å²) in [6, 6.07) is 6.76. The van der Waals surface area contributed by atoms with Gasteiger partial charge in [-0.25, -0.2) is 0 Å². The van der Waals surface area contributed by atoms with E-state index in [-0.39, 0.29) is 11.8 Å². The van der Waals surface area contributed by atoms with E-state index in [2.05, 4.69) is 5.32 Å². The molecule has 18 heavy (non-hydrogen) atoms. The molecule has 0 spiro atoms. The van der Waals surface area contributed by atoms with E-state index in [1.165, 1.54) is 0 Å². The van der Waals surface area contributed by atoms with Gasteiger partial charge in [-0.1, -0.05) is 24.9 Å². The van der Waals surface area contributed by atoms with Gasteiger partial charge in [0.1, 0.15) is 0 Å². The molecule has 1 amide bonds. The van der Waals surface area contributed by atoms with Gasteiger partial charge >= 0.3 is 0 Å². The van der Waals surface area contributed by atoms with Crippen LogP contribution in [0.3, 0.4) is 0 Å². The zero-order valence-corrected chi connectivity index (χ0v) is 11.0. The molecule has 0 fully saturated rings. The summed E-state index contributed by atoms with van der Waals surface area (Å²) >= 11 is 5.95. The van der Waals surface area contributed by atoms with Gasteiger partial charge in [0.05, 0.1) is 22.3 Å². The second-order valence-electron chi connectivity index (χ2n) is 4.07. The molecule has 0 heterocycles. The molecule has 0 aromatic heterocycles. The number of carbonyl (C=O) groups is 1. The molecule has 5 heteroatoms. The van der Waals surface area contributed by atoms with Gasteiger partial charge in [0.2, 0.25) is 5.91 Å². The van der Waals surface area contributed by atoms with Crippen molar-refractivity contribution in [3.8, 4) is 6.07 Å². The van der Waals surface area contributed by atoms with Gasteiger partial charge in [0.15, 0.2) is 0 Å². The molecule has 96 valence electrons. The third kappa shape index (κ3) is 4.02. The number of amides is 1. The third-order valence-corrected chi connectivity index (χ3v) is 3.08. The lowest BCUT2D eigenvalue weighted by Gasteiger charge is -2.12. The summed E-state index contributed by atoms with van der Waals surface area (Å²) < 4.78 is 0. The van der Waals surface area contributed by atoms with E-state index in [9.17, 15) is 4.79 Å². The molecular weight excluding hydrogens is 250 g/mol. The molecule has 1 aromatic rings. The van der Waals surface area contributed by atoms with Crippen LogP contribution in [0.5, 0.6) is 0 Å². The number of nitrogens with one attached hydrogen (secondary N) is 1. The Labute approximate surface area is 112 Å². The molecule has 0 saturated heterocycles. The van der Waals surface area contributed by atoms with Gasteiger partial charge in [0.25, 0.3) is 0 Å². The van der Waals surface area contributed by atoms with Gasteiger partial charge < -0.3 is 11.1 Å². The second-order valence-corrected chi connectivity index (χ2v) is 4.48. The Morgan fingerprint density at radius 2 is 2.33 bits per heavy atom. The van der Waals surface area contributed by atoms with E-state index < -0.39 is 0 Å². The normalized spacial score (nSPS) is 11.7. The van der Waals surface area contributed by atoms with Gasteiger partial charge in [-0.3, -0.25) is 4.79 Å². The maximum Gasteiger partial charge on any atom is 0.224 e. The zero-order chi connectivity index (χ0) is 13.5. The molecule has 4 nitrogen and oxygen atoms in total. The number of nitrogens with zero attached hydrogens (tertiary/aromatic N) is 1. The minimum absolute atomic E-state index is 0.135. The second kappa shape index (κ2) is 7.00. The maximum atomic E-state index is 11.8. The van der Waals surface area contributed by atoms with Crippen LogP contribution in [0.25, 0.3) is 0 Å². The smallest absolute Gasteiger partial charge is 0.224 e. The fourth-order valence-corrected chi connectivity index (χ4v) is 1.71. The first-order valence-electron chi connectivity index (χ1n) is 5.80. The number of benzene rings is 1. The van der Waals surface area contributed by atoms with E-state index in [1.54, 1.807) is 18.2 Å². The van der Waals surface area contributed by atoms with Crippen molar-refractivity contribution in [2.75, 3.05) is 11.9 Å². The Hall–Kier alpha value is -1.57. The molecule has 0 saturated carbocycles. The average molecular weight is 266 g/mol. The van der Waals surface area contributed by atoms with Gasteiger partial charge in [-0.05, 0) is 30.7 Å². The fraction of sp³-hybridized carbons (Fsp3) is 0.385. The van der Waals surface area contributed by atoms with Crippen molar-refractivity contribution in [3.63, 3.8) is 0 Å². The van der Waals surface area contributed by atoms with Crippen molar-refractivity contribution in [1.82, 2.24) is 0 Å². The van der Waals surface area contributed by atoms with Crippen LogP contribution in [0.4, 0.5) is 5.69 Å². The minimum Gasteiger partial charge on any atom is -0.330 e. The lowest BCUT2D eigenvalue weighted by atomic mass is 10.0. The van der Waals surface area contributed by atoms with Crippen molar-refractivity contribution in [1.29, 1.82) is 5.26 Å². The highest BCUT2D eigenvalue weighted by Gasteiger charge is 2.12. The predicted octanol–water partition coefficient (Wildman–Crippen LogP) is 2.53. The Morgan fingerprint density at radius 1 is 1.61 bits per heavy atom. The number of nitrogens with two attached hydrogens (primary N) is 1. The molecule has 0 radical (unpaired) electrons. The Morgan fingerprint density at radius 3 is 2.89 bits per heavy atom. The number of halogens is 1. The summed E-state index contributed by atoms with van der Waals surface area (Å²) in [5.41, 5.74) is 6.48. The lowest BCUT2D eigenvalue weighted by Crippen LogP contribution is -2.21. The van der Waals surface area contributed by atoms with E-state index in [0.29, 0.717) is 29.2 Å². The first-order valence-corrected chi connectivity index (χ1v) is 6.18. The zero-order valence-electron chi connectivity index (χ0n) is 10.2. The summed E-state index contributed by atoms with van der Waals surface area (Å²) in [5, 5.41) is 11.9. The lowest BCUT2D eigenvalue weighted by molar-refractivity contribution is -0.117. The maximum absolute atomic E-state index is 11.8. The number of carbonyl (C=O) groups excluding carboxylic acids is 1. The first-order chi connectivity index (χ1) is 8.60. The Balaban J connectivity index is 2.73. The van der Waals surface area contributed by atoms with Crippen LogP contribution in [0.15, 0.2) is 18.2 Å². The topological polar surface area (TPSA) is 78.9 Å². The van der Waals surface area contributed by atoms with Crippen LogP contribution >= 0.6 is 11.6 Å². The average Bonchev–Trinajstić information content (AvgIpc) is 2.38. The molecule has 1 atom stereocenters. The van der Waals surface area contributed by atoms with Crippen molar-refractivity contribution >= 4 is 23.2 Å². The molecule has 1 rings (SSSR count). The summed E-state index contributed by atoms with van der Waals surface area (Å²) in [6.45, 7) is 2.48. The van der Waals surface area contributed by atoms with Crippen molar-refractivity contribution in [2.24, 2.45) is 11.7 Å². The molecule has 1 unspecified atom stereocenters. The van der Waals surface area contributed by atoms with Crippen molar-refractivity contribution < 1.29 is 4.79 Å². The predicted molar refractivity (Wildman–Crippen MR) is 72.2 cm³/mol. The highest BCUT2D eigenvalue weighted by molar-refractivity contribution is 6.33. The first kappa shape index (κ1) is 14.5. The number of hydrogen-bond donors (Lipinski definition) is 2. The van der Waals surface area contributed by atoms with E-state index in [0.717, 1.165) is 6.42 Å². The number of rotatable bonds is 5. The number of nitriles is 1. The molecule has 0 bridgehead atoms. The Kier molecular flexibility index (Phi) is 5.63. The van der Waals surface area contributed by atoms with Crippen LogP contribution < -0.4 is 11.1 Å². The molecule has 3 N–H and O–H groups in total. The van der Waals surface area contributed by atoms with Crippen molar-refractivity contribution in [3.05, 3.63) is 28.8 Å². The van der Waals surface area contributed by atoms with Crippen LogP contribution in [0.1, 0.15) is 25.3 Å². The summed E-state index contributed by atoms with van der Waals surface area (Å²) in [7, 11) is 0. The van der Waals surface area contributed by atoms with Crippen molar-refractivity contribution in [2.45, 2.75) is 19.8 Å². The monoisotopic (exact) mass is 265 g/mol. The van der Waals surface area contributed by atoms with Crippen LogP contribution in [0, 0.1) is 17.2 Å². The number of anilines is 1. The van der Waals surface area contributed by atoms with Crippen LogP contribution in [-0.4, -0.2) is 12.5 Å². The fourth-order valence-electron chi connectivity index (χ4n) is 1.55. The third-order valence-electron chi connectivity index (χ3n) is 2.75. The number of hydrogen-bond acceptors (Lipinski definition) is 3.